The molecule has 0 amide bonds. The number of halogens is 3. The van der Waals surface area contributed by atoms with Crippen LogP contribution in [0.5, 0.6) is 0 Å². The van der Waals surface area contributed by atoms with Crippen LogP contribution in [0.25, 0.3) is 33.5 Å². The SMILES string of the molecule is CB(F)n1c(/C(=C2\N=C(c3ccc(C(C)(C)C)cc3)C(I)=C2c2ccccc2)c2c(C)cc(C)cc2C)c(-c2ccccc2)c(I)c1-c1ccc(C(C)(C)C)cc1. The third kappa shape index (κ3) is 7.93. The van der Waals surface area contributed by atoms with Gasteiger partial charge in [0.1, 0.15) is 0 Å². The Morgan fingerprint density at radius 3 is 1.58 bits per heavy atom. The summed E-state index contributed by atoms with van der Waals surface area (Å²) >= 11 is 4.98. The fraction of sp³-hybridized carbons (Fsp3) is 0.235. The summed E-state index contributed by atoms with van der Waals surface area (Å²) in [6, 6.07) is 43.1. The maximum atomic E-state index is 17.1. The van der Waals surface area contributed by atoms with Crippen molar-refractivity contribution in [2.75, 3.05) is 0 Å². The van der Waals surface area contributed by atoms with E-state index in [0.717, 1.165) is 85.6 Å². The van der Waals surface area contributed by atoms with Gasteiger partial charge >= 0.3 is 7.12 Å². The van der Waals surface area contributed by atoms with Crippen LogP contribution in [-0.2, 0) is 10.8 Å². The van der Waals surface area contributed by atoms with E-state index in [1.807, 2.05) is 10.5 Å². The minimum absolute atomic E-state index is 0.0118. The lowest BCUT2D eigenvalue weighted by Crippen LogP contribution is -2.20. The van der Waals surface area contributed by atoms with Gasteiger partial charge in [-0.3, -0.25) is 0 Å². The summed E-state index contributed by atoms with van der Waals surface area (Å²) < 4.78 is 21.1. The van der Waals surface area contributed by atoms with E-state index in [0.29, 0.717) is 0 Å². The lowest BCUT2D eigenvalue weighted by molar-refractivity contribution is 0.590. The van der Waals surface area contributed by atoms with E-state index in [2.05, 4.69) is 223 Å². The van der Waals surface area contributed by atoms with Crippen LogP contribution in [0, 0.1) is 24.3 Å². The number of hydrogen-bond acceptors (Lipinski definition) is 1. The van der Waals surface area contributed by atoms with Gasteiger partial charge in [0.25, 0.3) is 0 Å². The van der Waals surface area contributed by atoms with Crippen LogP contribution in [0.15, 0.2) is 136 Å². The highest BCUT2D eigenvalue weighted by atomic mass is 127. The highest BCUT2D eigenvalue weighted by Crippen LogP contribution is 2.51. The van der Waals surface area contributed by atoms with Gasteiger partial charge in [0.05, 0.1) is 22.8 Å². The number of rotatable bonds is 7. The average Bonchev–Trinajstić information content (AvgIpc) is 3.66. The first-order chi connectivity index (χ1) is 27.0. The molecule has 0 saturated heterocycles. The van der Waals surface area contributed by atoms with Crippen LogP contribution in [0.3, 0.4) is 0 Å². The molecule has 2 heterocycles. The van der Waals surface area contributed by atoms with E-state index in [-0.39, 0.29) is 10.8 Å². The van der Waals surface area contributed by atoms with Gasteiger partial charge in [-0.2, -0.15) is 0 Å². The minimum Gasteiger partial charge on any atom is -0.354 e. The number of aliphatic imine (C=N–C) groups is 1. The summed E-state index contributed by atoms with van der Waals surface area (Å²) in [7, 11) is -1.36. The van der Waals surface area contributed by atoms with Gasteiger partial charge in [-0.25, -0.2) is 4.99 Å². The number of aromatic nitrogens is 1. The monoisotopic (exact) mass is 974 g/mol. The van der Waals surface area contributed by atoms with E-state index < -0.39 is 7.12 Å². The number of hydrogen-bond donors (Lipinski definition) is 0. The Kier molecular flexibility index (Phi) is 11.5. The molecule has 6 heteroatoms. The lowest BCUT2D eigenvalue weighted by Gasteiger charge is -2.23. The number of nitrogens with zero attached hydrogens (tertiary/aromatic N) is 2. The fourth-order valence-corrected chi connectivity index (χ4v) is 10.3. The predicted octanol–water partition coefficient (Wildman–Crippen LogP) is 15.0. The normalized spacial score (nSPS) is 14.3. The molecule has 0 unspecified atom stereocenters. The zero-order valence-electron chi connectivity index (χ0n) is 34.7. The van der Waals surface area contributed by atoms with Gasteiger partial charge in [0, 0.05) is 29.4 Å². The van der Waals surface area contributed by atoms with E-state index in [4.69, 9.17) is 4.99 Å². The van der Waals surface area contributed by atoms with Crippen molar-refractivity contribution in [3.63, 3.8) is 0 Å². The smallest absolute Gasteiger partial charge is 0.354 e. The molecule has 0 bridgehead atoms. The second-order valence-electron chi connectivity index (χ2n) is 17.4. The van der Waals surface area contributed by atoms with Gasteiger partial charge in [-0.1, -0.05) is 168 Å². The second kappa shape index (κ2) is 16.0. The van der Waals surface area contributed by atoms with E-state index in [9.17, 15) is 0 Å². The first-order valence-corrected chi connectivity index (χ1v) is 21.9. The van der Waals surface area contributed by atoms with E-state index in [1.165, 1.54) is 16.7 Å². The van der Waals surface area contributed by atoms with Crippen molar-refractivity contribution in [2.45, 2.75) is 80.0 Å². The van der Waals surface area contributed by atoms with Crippen molar-refractivity contribution in [3.05, 3.63) is 184 Å². The third-order valence-corrected chi connectivity index (χ3v) is 13.1. The van der Waals surface area contributed by atoms with E-state index in [1.54, 1.807) is 6.82 Å². The van der Waals surface area contributed by atoms with Gasteiger partial charge < -0.3 is 8.79 Å². The number of aryl methyl sites for hydroxylation is 3. The molecule has 5 aromatic carbocycles. The Morgan fingerprint density at radius 1 is 0.632 bits per heavy atom. The molecule has 1 aromatic heterocycles. The highest BCUT2D eigenvalue weighted by Gasteiger charge is 2.36. The lowest BCUT2D eigenvalue weighted by atomic mass is 9.83. The maximum Gasteiger partial charge on any atom is 0.462 e. The molecule has 1 aliphatic heterocycles. The van der Waals surface area contributed by atoms with Crippen molar-refractivity contribution >= 4 is 69.2 Å². The first-order valence-electron chi connectivity index (χ1n) is 19.7. The van der Waals surface area contributed by atoms with Crippen LogP contribution in [0.1, 0.15) is 91.7 Å². The second-order valence-corrected chi connectivity index (χ2v) is 19.5. The molecule has 0 spiro atoms. The zero-order chi connectivity index (χ0) is 41.0. The molecule has 0 radical (unpaired) electrons. The number of benzene rings is 5. The Bertz CT molecular complexity index is 2540. The van der Waals surface area contributed by atoms with Crippen molar-refractivity contribution in [3.8, 4) is 22.4 Å². The Balaban J connectivity index is 1.68. The summed E-state index contributed by atoms with van der Waals surface area (Å²) in [6.45, 7) is 21.6. The molecular weight excluding hydrogens is 924 g/mol. The molecule has 1 aliphatic rings. The molecule has 7 rings (SSSR count). The first kappa shape index (κ1) is 41.2. The van der Waals surface area contributed by atoms with Crippen LogP contribution >= 0.6 is 45.2 Å². The molecular formula is C51H50BFI2N2. The molecule has 0 fully saturated rings. The summed E-state index contributed by atoms with van der Waals surface area (Å²) in [5, 5.41) is 0. The standard InChI is InChI=1S/C51H50BFI2N2/c1-31-29-32(2)40(33(3)30-31)43(47-41(34-17-13-11-14-18-34)44(54)46(56-47)36-21-25-38(26-22-36)50(4,5)6)49-42(35-19-15-12-16-20-35)45(55)48(57(49)52(10)53)37-23-27-39(28-24-37)51(7,8)9/h11-30H,1-10H3/b47-43-. The Labute approximate surface area is 366 Å². The third-order valence-electron chi connectivity index (χ3n) is 11.0. The molecule has 0 N–H and O–H groups in total. The van der Waals surface area contributed by atoms with Crippen LogP contribution in [0.2, 0.25) is 6.82 Å². The van der Waals surface area contributed by atoms with Gasteiger partial charge in [0.2, 0.25) is 0 Å². The summed E-state index contributed by atoms with van der Waals surface area (Å²) in [5.41, 5.74) is 17.6. The average molecular weight is 975 g/mol. The molecule has 57 heavy (non-hydrogen) atoms. The van der Waals surface area contributed by atoms with Crippen LogP contribution in [-0.4, -0.2) is 17.3 Å². The van der Waals surface area contributed by atoms with Crippen molar-refractivity contribution in [1.82, 2.24) is 4.48 Å². The molecule has 6 aromatic rings. The summed E-state index contributed by atoms with van der Waals surface area (Å²) in [6.07, 6.45) is 0. The minimum atomic E-state index is -1.36. The fourth-order valence-electron chi connectivity index (χ4n) is 8.15. The largest absolute Gasteiger partial charge is 0.462 e. The van der Waals surface area contributed by atoms with Crippen molar-refractivity contribution < 1.29 is 4.32 Å². The van der Waals surface area contributed by atoms with Crippen LogP contribution < -0.4 is 0 Å². The summed E-state index contributed by atoms with van der Waals surface area (Å²) in [4.78, 5) is 5.71. The van der Waals surface area contributed by atoms with E-state index >= 15 is 4.32 Å². The topological polar surface area (TPSA) is 17.3 Å². The number of allylic oxidation sites excluding steroid dienone is 2. The molecule has 0 aliphatic carbocycles. The van der Waals surface area contributed by atoms with Gasteiger partial charge in [-0.15, -0.1) is 0 Å². The zero-order valence-corrected chi connectivity index (χ0v) is 39.0. The maximum absolute atomic E-state index is 17.1. The molecule has 0 atom stereocenters. The Hall–Kier alpha value is -4.02. The molecule has 288 valence electrons. The van der Waals surface area contributed by atoms with Crippen molar-refractivity contribution in [1.29, 1.82) is 0 Å². The van der Waals surface area contributed by atoms with Crippen LogP contribution in [0.4, 0.5) is 4.32 Å². The Morgan fingerprint density at radius 2 is 1.11 bits per heavy atom. The highest BCUT2D eigenvalue weighted by molar-refractivity contribution is 14.1. The summed E-state index contributed by atoms with van der Waals surface area (Å²) in [5.74, 6) is 0. The predicted molar refractivity (Wildman–Crippen MR) is 261 cm³/mol. The quantitative estimate of drug-likeness (QED) is 0.112. The van der Waals surface area contributed by atoms with Gasteiger partial charge in [-0.05, 0) is 128 Å². The molecule has 2 nitrogen and oxygen atoms in total. The van der Waals surface area contributed by atoms with Gasteiger partial charge in [0.15, 0.2) is 0 Å². The van der Waals surface area contributed by atoms with Crippen molar-refractivity contribution in [2.24, 2.45) is 4.99 Å². The molecule has 0 saturated carbocycles.